The molecule has 1 unspecified atom stereocenters. The van der Waals surface area contributed by atoms with Gasteiger partial charge in [0, 0.05) is 6.54 Å². The van der Waals surface area contributed by atoms with Crippen LogP contribution in [-0.2, 0) is 4.79 Å². The van der Waals surface area contributed by atoms with Gasteiger partial charge in [0.15, 0.2) is 0 Å². The molecule has 0 aromatic carbocycles. The number of nitrogens with one attached hydrogen (secondary N) is 1. The SMILES string of the molecule is CCCCCCNC(=O)C(N)CCCCN. The van der Waals surface area contributed by atoms with Crippen LogP contribution in [-0.4, -0.2) is 25.0 Å². The van der Waals surface area contributed by atoms with Crippen LogP contribution in [0.15, 0.2) is 0 Å². The van der Waals surface area contributed by atoms with Gasteiger partial charge in [-0.2, -0.15) is 0 Å². The number of rotatable bonds is 10. The zero-order valence-corrected chi connectivity index (χ0v) is 10.5. The topological polar surface area (TPSA) is 81.1 Å². The predicted molar refractivity (Wildman–Crippen MR) is 68.0 cm³/mol. The van der Waals surface area contributed by atoms with Gasteiger partial charge in [0.25, 0.3) is 0 Å². The van der Waals surface area contributed by atoms with Crippen molar-refractivity contribution >= 4 is 5.91 Å². The minimum atomic E-state index is -0.363. The number of hydrogen-bond acceptors (Lipinski definition) is 3. The predicted octanol–water partition coefficient (Wildman–Crippen LogP) is 1.14. The number of unbranched alkanes of at least 4 members (excludes halogenated alkanes) is 4. The Hall–Kier alpha value is -0.610. The normalized spacial score (nSPS) is 12.4. The Balaban J connectivity index is 3.40. The third kappa shape index (κ3) is 8.68. The van der Waals surface area contributed by atoms with E-state index in [4.69, 9.17) is 11.5 Å². The van der Waals surface area contributed by atoms with Gasteiger partial charge >= 0.3 is 0 Å². The first-order valence-electron chi connectivity index (χ1n) is 6.45. The van der Waals surface area contributed by atoms with Gasteiger partial charge < -0.3 is 16.8 Å². The van der Waals surface area contributed by atoms with Gasteiger partial charge in [-0.25, -0.2) is 0 Å². The van der Waals surface area contributed by atoms with Crippen LogP contribution in [0.2, 0.25) is 0 Å². The third-order valence-electron chi connectivity index (χ3n) is 2.64. The lowest BCUT2D eigenvalue weighted by molar-refractivity contribution is -0.122. The monoisotopic (exact) mass is 229 g/mol. The molecule has 1 atom stereocenters. The second-order valence-electron chi connectivity index (χ2n) is 4.24. The van der Waals surface area contributed by atoms with E-state index in [9.17, 15) is 4.79 Å². The van der Waals surface area contributed by atoms with Crippen molar-refractivity contribution in [1.82, 2.24) is 5.32 Å². The number of amides is 1. The van der Waals surface area contributed by atoms with Crippen molar-refractivity contribution in [3.8, 4) is 0 Å². The molecule has 96 valence electrons. The first kappa shape index (κ1) is 15.4. The van der Waals surface area contributed by atoms with Gasteiger partial charge in [-0.1, -0.05) is 32.6 Å². The molecule has 0 spiro atoms. The summed E-state index contributed by atoms with van der Waals surface area (Å²) in [7, 11) is 0. The highest BCUT2D eigenvalue weighted by molar-refractivity contribution is 5.81. The smallest absolute Gasteiger partial charge is 0.236 e. The molecule has 0 radical (unpaired) electrons. The van der Waals surface area contributed by atoms with E-state index >= 15 is 0 Å². The standard InChI is InChI=1S/C12H27N3O/c1-2-3-4-7-10-15-12(16)11(14)8-5-6-9-13/h11H,2-10,13-14H2,1H3,(H,15,16). The Morgan fingerprint density at radius 3 is 2.56 bits per heavy atom. The molecular weight excluding hydrogens is 202 g/mol. The second kappa shape index (κ2) is 10.9. The Labute approximate surface area is 99.1 Å². The molecule has 4 heteroatoms. The van der Waals surface area contributed by atoms with E-state index in [-0.39, 0.29) is 11.9 Å². The molecular formula is C12H27N3O. The molecule has 0 aromatic heterocycles. The summed E-state index contributed by atoms with van der Waals surface area (Å²) in [6, 6.07) is -0.363. The van der Waals surface area contributed by atoms with Crippen molar-refractivity contribution in [3.63, 3.8) is 0 Å². The van der Waals surface area contributed by atoms with Crippen molar-refractivity contribution in [2.45, 2.75) is 57.9 Å². The molecule has 0 aliphatic carbocycles. The van der Waals surface area contributed by atoms with E-state index in [0.29, 0.717) is 6.54 Å². The maximum absolute atomic E-state index is 11.5. The van der Waals surface area contributed by atoms with E-state index in [1.165, 1.54) is 19.3 Å². The Bertz CT molecular complexity index is 174. The zero-order valence-electron chi connectivity index (χ0n) is 10.5. The zero-order chi connectivity index (χ0) is 12.2. The van der Waals surface area contributed by atoms with Crippen LogP contribution in [0, 0.1) is 0 Å². The Morgan fingerprint density at radius 1 is 1.19 bits per heavy atom. The van der Waals surface area contributed by atoms with Crippen LogP contribution in [0.5, 0.6) is 0 Å². The summed E-state index contributed by atoms with van der Waals surface area (Å²) in [5, 5.41) is 2.87. The lowest BCUT2D eigenvalue weighted by atomic mass is 10.1. The minimum absolute atomic E-state index is 0.0199. The summed E-state index contributed by atoms with van der Waals surface area (Å²) in [6.07, 6.45) is 7.29. The van der Waals surface area contributed by atoms with Crippen LogP contribution in [0.3, 0.4) is 0 Å². The summed E-state index contributed by atoms with van der Waals surface area (Å²) in [5.74, 6) is -0.0199. The van der Waals surface area contributed by atoms with E-state index in [1.54, 1.807) is 0 Å². The maximum atomic E-state index is 11.5. The molecule has 0 aliphatic rings. The van der Waals surface area contributed by atoms with Gasteiger partial charge in [0.2, 0.25) is 5.91 Å². The summed E-state index contributed by atoms with van der Waals surface area (Å²) >= 11 is 0. The maximum Gasteiger partial charge on any atom is 0.236 e. The number of nitrogens with two attached hydrogens (primary N) is 2. The van der Waals surface area contributed by atoms with Crippen molar-refractivity contribution in [1.29, 1.82) is 0 Å². The first-order valence-corrected chi connectivity index (χ1v) is 6.45. The van der Waals surface area contributed by atoms with E-state index < -0.39 is 0 Å². The van der Waals surface area contributed by atoms with Gasteiger partial charge in [0.05, 0.1) is 6.04 Å². The van der Waals surface area contributed by atoms with Gasteiger partial charge in [-0.3, -0.25) is 4.79 Å². The van der Waals surface area contributed by atoms with Crippen LogP contribution >= 0.6 is 0 Å². The molecule has 0 saturated carbocycles. The minimum Gasteiger partial charge on any atom is -0.355 e. The molecule has 0 saturated heterocycles. The summed E-state index contributed by atoms with van der Waals surface area (Å²) in [4.78, 5) is 11.5. The van der Waals surface area contributed by atoms with Gasteiger partial charge in [0.1, 0.15) is 0 Å². The molecule has 0 heterocycles. The lowest BCUT2D eigenvalue weighted by Crippen LogP contribution is -2.40. The van der Waals surface area contributed by atoms with Crippen molar-refractivity contribution in [2.24, 2.45) is 11.5 Å². The highest BCUT2D eigenvalue weighted by Crippen LogP contribution is 1.99. The highest BCUT2D eigenvalue weighted by atomic mass is 16.2. The quantitative estimate of drug-likeness (QED) is 0.491. The van der Waals surface area contributed by atoms with Crippen LogP contribution in [0.4, 0.5) is 0 Å². The summed E-state index contributed by atoms with van der Waals surface area (Å²) in [6.45, 7) is 3.60. The van der Waals surface area contributed by atoms with Crippen LogP contribution in [0.1, 0.15) is 51.9 Å². The molecule has 0 fully saturated rings. The van der Waals surface area contributed by atoms with E-state index in [0.717, 1.165) is 32.2 Å². The molecule has 0 aromatic rings. The fourth-order valence-corrected chi connectivity index (χ4v) is 1.53. The number of carbonyl (C=O) groups excluding carboxylic acids is 1. The molecule has 0 aliphatic heterocycles. The molecule has 0 bridgehead atoms. The average molecular weight is 229 g/mol. The number of carbonyl (C=O) groups is 1. The van der Waals surface area contributed by atoms with Crippen molar-refractivity contribution in [2.75, 3.05) is 13.1 Å². The largest absolute Gasteiger partial charge is 0.355 e. The molecule has 4 nitrogen and oxygen atoms in total. The van der Waals surface area contributed by atoms with Crippen molar-refractivity contribution < 1.29 is 4.79 Å². The molecule has 1 amide bonds. The van der Waals surface area contributed by atoms with Gasteiger partial charge in [-0.05, 0) is 25.8 Å². The van der Waals surface area contributed by atoms with Crippen LogP contribution in [0.25, 0.3) is 0 Å². The second-order valence-corrected chi connectivity index (χ2v) is 4.24. The third-order valence-corrected chi connectivity index (χ3v) is 2.64. The van der Waals surface area contributed by atoms with Crippen molar-refractivity contribution in [3.05, 3.63) is 0 Å². The van der Waals surface area contributed by atoms with Gasteiger partial charge in [-0.15, -0.1) is 0 Å². The average Bonchev–Trinajstić information content (AvgIpc) is 2.28. The molecule has 16 heavy (non-hydrogen) atoms. The molecule has 0 rings (SSSR count). The Kier molecular flexibility index (Phi) is 10.5. The highest BCUT2D eigenvalue weighted by Gasteiger charge is 2.11. The fourth-order valence-electron chi connectivity index (χ4n) is 1.53. The number of hydrogen-bond donors (Lipinski definition) is 3. The Morgan fingerprint density at radius 2 is 1.94 bits per heavy atom. The first-order chi connectivity index (χ1) is 7.72. The summed E-state index contributed by atoms with van der Waals surface area (Å²) in [5.41, 5.74) is 11.1. The lowest BCUT2D eigenvalue weighted by Gasteiger charge is -2.11. The van der Waals surface area contributed by atoms with E-state index in [1.807, 2.05) is 0 Å². The summed E-state index contributed by atoms with van der Waals surface area (Å²) < 4.78 is 0. The molecule has 5 N–H and O–H groups in total. The van der Waals surface area contributed by atoms with Crippen LogP contribution < -0.4 is 16.8 Å². The fraction of sp³-hybridized carbons (Fsp3) is 0.917. The van der Waals surface area contributed by atoms with E-state index in [2.05, 4.69) is 12.2 Å².